The predicted octanol–water partition coefficient (Wildman–Crippen LogP) is 3.53. The van der Waals surface area contributed by atoms with Gasteiger partial charge in [-0.2, -0.15) is 0 Å². The average molecular weight is 261 g/mol. The molecule has 1 rings (SSSR count). The fourth-order valence-corrected chi connectivity index (χ4v) is 1.86. The number of benzene rings is 1. The van der Waals surface area contributed by atoms with Crippen molar-refractivity contribution in [3.8, 4) is 0 Å². The molecule has 0 aliphatic rings. The maximum Gasteiger partial charge on any atom is 0.0587 e. The van der Waals surface area contributed by atoms with Crippen LogP contribution in [0.3, 0.4) is 0 Å². The van der Waals surface area contributed by atoms with Gasteiger partial charge in [-0.15, -0.1) is 0 Å². The molecule has 0 amide bonds. The third-order valence-corrected chi connectivity index (χ3v) is 3.14. The van der Waals surface area contributed by atoms with Crippen molar-refractivity contribution in [2.75, 3.05) is 26.8 Å². The standard InChI is InChI=1S/C17H27NO/c1-15(2)17-10-8-16(9-11-17)7-5-4-6-12-18-13-14-19-3/h4-5,8-11,15,18H,6-7,12-14H2,1-3H3. The van der Waals surface area contributed by atoms with Gasteiger partial charge in [0.25, 0.3) is 0 Å². The predicted molar refractivity (Wildman–Crippen MR) is 82.7 cm³/mol. The van der Waals surface area contributed by atoms with E-state index in [1.54, 1.807) is 7.11 Å². The molecule has 0 aliphatic carbocycles. The highest BCUT2D eigenvalue weighted by Crippen LogP contribution is 2.14. The van der Waals surface area contributed by atoms with Gasteiger partial charge in [0, 0.05) is 13.7 Å². The molecule has 1 aromatic rings. The molecule has 0 bridgehead atoms. The van der Waals surface area contributed by atoms with E-state index in [1.807, 2.05) is 0 Å². The van der Waals surface area contributed by atoms with Gasteiger partial charge in [-0.3, -0.25) is 0 Å². The van der Waals surface area contributed by atoms with Crippen molar-refractivity contribution in [3.05, 3.63) is 47.5 Å². The Morgan fingerprint density at radius 3 is 2.47 bits per heavy atom. The van der Waals surface area contributed by atoms with Crippen molar-refractivity contribution >= 4 is 0 Å². The zero-order chi connectivity index (χ0) is 13.9. The number of ether oxygens (including phenoxy) is 1. The summed E-state index contributed by atoms with van der Waals surface area (Å²) >= 11 is 0. The first-order chi connectivity index (χ1) is 9.24. The Bertz CT molecular complexity index is 354. The van der Waals surface area contributed by atoms with Gasteiger partial charge in [-0.05, 0) is 36.4 Å². The molecular formula is C17H27NO. The number of hydrogen-bond acceptors (Lipinski definition) is 2. The summed E-state index contributed by atoms with van der Waals surface area (Å²) in [7, 11) is 1.73. The molecule has 0 radical (unpaired) electrons. The third kappa shape index (κ3) is 7.14. The number of rotatable bonds is 9. The lowest BCUT2D eigenvalue weighted by molar-refractivity contribution is 0.199. The van der Waals surface area contributed by atoms with E-state index in [-0.39, 0.29) is 0 Å². The SMILES string of the molecule is COCCNCCC=CCc1ccc(C(C)C)cc1. The summed E-state index contributed by atoms with van der Waals surface area (Å²) in [5, 5.41) is 3.33. The Morgan fingerprint density at radius 2 is 1.84 bits per heavy atom. The van der Waals surface area contributed by atoms with Crippen LogP contribution in [-0.4, -0.2) is 26.8 Å². The first-order valence-electron chi connectivity index (χ1n) is 7.17. The van der Waals surface area contributed by atoms with E-state index >= 15 is 0 Å². The van der Waals surface area contributed by atoms with Crippen LogP contribution in [0, 0.1) is 0 Å². The Morgan fingerprint density at radius 1 is 1.11 bits per heavy atom. The molecule has 0 saturated heterocycles. The monoisotopic (exact) mass is 261 g/mol. The molecule has 0 atom stereocenters. The van der Waals surface area contributed by atoms with Crippen LogP contribution in [0.5, 0.6) is 0 Å². The van der Waals surface area contributed by atoms with Gasteiger partial charge in [0.1, 0.15) is 0 Å². The number of allylic oxidation sites excluding steroid dienone is 1. The first-order valence-corrected chi connectivity index (χ1v) is 7.17. The minimum atomic E-state index is 0.614. The number of methoxy groups -OCH3 is 1. The van der Waals surface area contributed by atoms with Gasteiger partial charge in [-0.1, -0.05) is 50.3 Å². The van der Waals surface area contributed by atoms with Crippen molar-refractivity contribution in [1.82, 2.24) is 5.32 Å². The fourth-order valence-electron chi connectivity index (χ4n) is 1.86. The lowest BCUT2D eigenvalue weighted by Crippen LogP contribution is -2.19. The van der Waals surface area contributed by atoms with E-state index in [2.05, 4.69) is 55.6 Å². The lowest BCUT2D eigenvalue weighted by Gasteiger charge is -2.05. The van der Waals surface area contributed by atoms with Crippen LogP contribution in [0.25, 0.3) is 0 Å². The zero-order valence-corrected chi connectivity index (χ0v) is 12.5. The van der Waals surface area contributed by atoms with E-state index in [9.17, 15) is 0 Å². The first kappa shape index (κ1) is 15.9. The molecule has 2 heteroatoms. The van der Waals surface area contributed by atoms with Crippen molar-refractivity contribution in [2.24, 2.45) is 0 Å². The summed E-state index contributed by atoms with van der Waals surface area (Å²) in [6, 6.07) is 8.94. The highest BCUT2D eigenvalue weighted by molar-refractivity contribution is 5.25. The van der Waals surface area contributed by atoms with E-state index in [4.69, 9.17) is 4.74 Å². The molecule has 19 heavy (non-hydrogen) atoms. The molecule has 0 aromatic heterocycles. The normalized spacial score (nSPS) is 11.6. The van der Waals surface area contributed by atoms with Crippen molar-refractivity contribution in [3.63, 3.8) is 0 Å². The Balaban J connectivity index is 2.17. The number of nitrogens with one attached hydrogen (secondary N) is 1. The van der Waals surface area contributed by atoms with Gasteiger partial charge in [0.05, 0.1) is 6.61 Å². The van der Waals surface area contributed by atoms with Crippen LogP contribution in [0.2, 0.25) is 0 Å². The molecule has 2 nitrogen and oxygen atoms in total. The average Bonchev–Trinajstić information content (AvgIpc) is 2.42. The Kier molecular flexibility index (Phi) is 8.19. The minimum absolute atomic E-state index is 0.614. The molecule has 0 fully saturated rings. The number of hydrogen-bond donors (Lipinski definition) is 1. The molecule has 0 unspecified atom stereocenters. The zero-order valence-electron chi connectivity index (χ0n) is 12.5. The van der Waals surface area contributed by atoms with Gasteiger partial charge >= 0.3 is 0 Å². The molecule has 0 heterocycles. The van der Waals surface area contributed by atoms with Crippen LogP contribution < -0.4 is 5.32 Å². The lowest BCUT2D eigenvalue weighted by atomic mass is 10.0. The van der Waals surface area contributed by atoms with Crippen molar-refractivity contribution in [1.29, 1.82) is 0 Å². The second-order valence-corrected chi connectivity index (χ2v) is 5.10. The summed E-state index contributed by atoms with van der Waals surface area (Å²) in [4.78, 5) is 0. The summed E-state index contributed by atoms with van der Waals surface area (Å²) in [5.41, 5.74) is 2.79. The highest BCUT2D eigenvalue weighted by Gasteiger charge is 1.97. The van der Waals surface area contributed by atoms with E-state index in [0.29, 0.717) is 5.92 Å². The molecular weight excluding hydrogens is 234 g/mol. The topological polar surface area (TPSA) is 21.3 Å². The molecule has 0 spiro atoms. The van der Waals surface area contributed by atoms with Gasteiger partial charge in [0.2, 0.25) is 0 Å². The molecule has 0 aliphatic heterocycles. The van der Waals surface area contributed by atoms with Crippen LogP contribution in [0.1, 0.15) is 37.3 Å². The summed E-state index contributed by atoms with van der Waals surface area (Å²) < 4.78 is 4.97. The van der Waals surface area contributed by atoms with E-state index in [0.717, 1.165) is 32.5 Å². The molecule has 106 valence electrons. The van der Waals surface area contributed by atoms with Crippen molar-refractivity contribution in [2.45, 2.75) is 32.6 Å². The van der Waals surface area contributed by atoms with Gasteiger partial charge < -0.3 is 10.1 Å². The van der Waals surface area contributed by atoms with Crippen LogP contribution in [0.15, 0.2) is 36.4 Å². The molecule has 0 saturated carbocycles. The second kappa shape index (κ2) is 9.76. The highest BCUT2D eigenvalue weighted by atomic mass is 16.5. The summed E-state index contributed by atoms with van der Waals surface area (Å²) in [5.74, 6) is 0.614. The van der Waals surface area contributed by atoms with Crippen LogP contribution >= 0.6 is 0 Å². The van der Waals surface area contributed by atoms with E-state index in [1.165, 1.54) is 11.1 Å². The fraction of sp³-hybridized carbons (Fsp3) is 0.529. The Labute approximate surface area is 117 Å². The van der Waals surface area contributed by atoms with Crippen LogP contribution in [0.4, 0.5) is 0 Å². The summed E-state index contributed by atoms with van der Waals surface area (Å²) in [6.45, 7) is 7.19. The van der Waals surface area contributed by atoms with Gasteiger partial charge in [-0.25, -0.2) is 0 Å². The second-order valence-electron chi connectivity index (χ2n) is 5.10. The van der Waals surface area contributed by atoms with Crippen molar-refractivity contribution < 1.29 is 4.74 Å². The maximum atomic E-state index is 4.97. The Hall–Kier alpha value is -1.12. The maximum absolute atomic E-state index is 4.97. The largest absolute Gasteiger partial charge is 0.383 e. The quantitative estimate of drug-likeness (QED) is 0.542. The van der Waals surface area contributed by atoms with Gasteiger partial charge in [0.15, 0.2) is 0 Å². The molecule has 1 N–H and O–H groups in total. The smallest absolute Gasteiger partial charge is 0.0587 e. The summed E-state index contributed by atoms with van der Waals surface area (Å²) in [6.07, 6.45) is 6.60. The van der Waals surface area contributed by atoms with E-state index < -0.39 is 0 Å². The minimum Gasteiger partial charge on any atom is -0.383 e. The van der Waals surface area contributed by atoms with Crippen LogP contribution in [-0.2, 0) is 11.2 Å². The third-order valence-electron chi connectivity index (χ3n) is 3.14. The molecule has 1 aromatic carbocycles.